The molecule has 1 amide bonds. The lowest BCUT2D eigenvalue weighted by atomic mass is 9.97. The van der Waals surface area contributed by atoms with Crippen molar-refractivity contribution in [1.29, 1.82) is 0 Å². The normalized spacial score (nSPS) is 23.6. The second kappa shape index (κ2) is 8.01. The summed E-state index contributed by atoms with van der Waals surface area (Å²) < 4.78 is 11.0. The van der Waals surface area contributed by atoms with Crippen molar-refractivity contribution in [3.8, 4) is 0 Å². The van der Waals surface area contributed by atoms with Gasteiger partial charge in [-0.05, 0) is 18.6 Å². The van der Waals surface area contributed by atoms with Crippen molar-refractivity contribution >= 4 is 17.5 Å². The molecule has 3 heterocycles. The number of nitrogens with zero attached hydrogens (tertiary/aromatic N) is 3. The Bertz CT molecular complexity index is 516. The summed E-state index contributed by atoms with van der Waals surface area (Å²) in [5, 5.41) is 10.8. The number of halogens is 1. The van der Waals surface area contributed by atoms with Crippen LogP contribution < -0.4 is 5.32 Å². The first-order valence-corrected chi connectivity index (χ1v) is 8.29. The summed E-state index contributed by atoms with van der Waals surface area (Å²) in [5.41, 5.74) is 0.276. The SMILES string of the molecule is O=C(NCC(C1CCOC1)N1CCOCC1)c1ccc(Cl)nn1. The van der Waals surface area contributed by atoms with E-state index in [-0.39, 0.29) is 22.8 Å². The number of aromatic nitrogens is 2. The van der Waals surface area contributed by atoms with E-state index in [4.69, 9.17) is 21.1 Å². The first-order chi connectivity index (χ1) is 11.2. The van der Waals surface area contributed by atoms with Crippen LogP contribution in [-0.2, 0) is 9.47 Å². The van der Waals surface area contributed by atoms with Crippen LogP contribution in [0, 0.1) is 5.92 Å². The van der Waals surface area contributed by atoms with Gasteiger partial charge in [0.25, 0.3) is 5.91 Å². The summed E-state index contributed by atoms with van der Waals surface area (Å²) >= 11 is 5.69. The maximum absolute atomic E-state index is 12.2. The molecule has 0 saturated carbocycles. The third-order valence-electron chi connectivity index (χ3n) is 4.36. The summed E-state index contributed by atoms with van der Waals surface area (Å²) in [7, 11) is 0. The molecular formula is C15H21ClN4O3. The number of morpholine rings is 1. The van der Waals surface area contributed by atoms with E-state index in [9.17, 15) is 4.79 Å². The van der Waals surface area contributed by atoms with Gasteiger partial charge in [0.2, 0.25) is 0 Å². The summed E-state index contributed by atoms with van der Waals surface area (Å²) in [4.78, 5) is 14.6. The van der Waals surface area contributed by atoms with Gasteiger partial charge in [0.15, 0.2) is 10.8 Å². The standard InChI is InChI=1S/C15H21ClN4O3/c16-14-2-1-12(18-19-14)15(21)17-9-13(11-3-6-23-10-11)20-4-7-22-8-5-20/h1-2,11,13H,3-10H2,(H,17,21). The maximum Gasteiger partial charge on any atom is 0.271 e. The highest BCUT2D eigenvalue weighted by atomic mass is 35.5. The van der Waals surface area contributed by atoms with Crippen molar-refractivity contribution in [3.63, 3.8) is 0 Å². The van der Waals surface area contributed by atoms with E-state index in [1.54, 1.807) is 12.1 Å². The molecule has 2 unspecified atom stereocenters. The van der Waals surface area contributed by atoms with Gasteiger partial charge in [-0.15, -0.1) is 10.2 Å². The summed E-state index contributed by atoms with van der Waals surface area (Å²) in [5.74, 6) is 0.205. The molecule has 0 spiro atoms. The Kier molecular flexibility index (Phi) is 5.77. The molecule has 2 aliphatic rings. The first-order valence-electron chi connectivity index (χ1n) is 7.91. The Hall–Kier alpha value is -1.28. The third-order valence-corrected chi connectivity index (χ3v) is 4.56. The van der Waals surface area contributed by atoms with Gasteiger partial charge in [0.05, 0.1) is 19.8 Å². The number of amides is 1. The number of ether oxygens (including phenoxy) is 2. The lowest BCUT2D eigenvalue weighted by Gasteiger charge is -2.37. The molecule has 1 aromatic heterocycles. The Morgan fingerprint density at radius 1 is 1.30 bits per heavy atom. The van der Waals surface area contributed by atoms with E-state index in [0.717, 1.165) is 45.9 Å². The number of carbonyl (C=O) groups is 1. The molecule has 8 heteroatoms. The molecule has 3 rings (SSSR count). The molecule has 2 atom stereocenters. The van der Waals surface area contributed by atoms with Crippen molar-refractivity contribution in [2.75, 3.05) is 46.1 Å². The maximum atomic E-state index is 12.2. The molecule has 1 N–H and O–H groups in total. The average molecular weight is 341 g/mol. The smallest absolute Gasteiger partial charge is 0.271 e. The molecule has 0 bridgehead atoms. The van der Waals surface area contributed by atoms with E-state index < -0.39 is 0 Å². The lowest BCUT2D eigenvalue weighted by molar-refractivity contribution is 0.00165. The van der Waals surface area contributed by atoms with Gasteiger partial charge in [-0.3, -0.25) is 9.69 Å². The fourth-order valence-electron chi connectivity index (χ4n) is 3.08. The van der Waals surface area contributed by atoms with Crippen LogP contribution in [0.15, 0.2) is 12.1 Å². The number of nitrogens with one attached hydrogen (secondary N) is 1. The second-order valence-corrected chi connectivity index (χ2v) is 6.18. The Balaban J connectivity index is 1.61. The van der Waals surface area contributed by atoms with Gasteiger partial charge in [-0.2, -0.15) is 0 Å². The van der Waals surface area contributed by atoms with Crippen LogP contribution in [0.4, 0.5) is 0 Å². The molecule has 0 aliphatic carbocycles. The molecule has 0 radical (unpaired) electrons. The van der Waals surface area contributed by atoms with Crippen LogP contribution in [-0.4, -0.2) is 73.1 Å². The molecular weight excluding hydrogens is 320 g/mol. The van der Waals surface area contributed by atoms with Crippen LogP contribution in [0.25, 0.3) is 0 Å². The van der Waals surface area contributed by atoms with E-state index in [2.05, 4.69) is 20.4 Å². The molecule has 126 valence electrons. The minimum atomic E-state index is -0.230. The molecule has 2 saturated heterocycles. The van der Waals surface area contributed by atoms with Crippen LogP contribution >= 0.6 is 11.6 Å². The molecule has 7 nitrogen and oxygen atoms in total. The predicted molar refractivity (Wildman–Crippen MR) is 84.5 cm³/mol. The van der Waals surface area contributed by atoms with Gasteiger partial charge >= 0.3 is 0 Å². The van der Waals surface area contributed by atoms with Gasteiger partial charge in [0.1, 0.15) is 0 Å². The lowest BCUT2D eigenvalue weighted by Crippen LogP contribution is -2.52. The van der Waals surface area contributed by atoms with Crippen molar-refractivity contribution < 1.29 is 14.3 Å². The van der Waals surface area contributed by atoms with Crippen LogP contribution in [0.3, 0.4) is 0 Å². The number of carbonyl (C=O) groups excluding carboxylic acids is 1. The topological polar surface area (TPSA) is 76.6 Å². The highest BCUT2D eigenvalue weighted by Crippen LogP contribution is 2.21. The molecule has 1 aromatic rings. The van der Waals surface area contributed by atoms with Gasteiger partial charge in [0, 0.05) is 38.2 Å². The zero-order valence-electron chi connectivity index (χ0n) is 12.9. The summed E-state index contributed by atoms with van der Waals surface area (Å²) in [6.45, 7) is 5.36. The van der Waals surface area contributed by atoms with Gasteiger partial charge in [-0.1, -0.05) is 11.6 Å². The number of hydrogen-bond acceptors (Lipinski definition) is 6. The zero-order chi connectivity index (χ0) is 16.1. The van der Waals surface area contributed by atoms with Gasteiger partial charge < -0.3 is 14.8 Å². The summed E-state index contributed by atoms with van der Waals surface area (Å²) in [6.07, 6.45) is 1.03. The first kappa shape index (κ1) is 16.6. The summed E-state index contributed by atoms with van der Waals surface area (Å²) in [6, 6.07) is 3.39. The van der Waals surface area contributed by atoms with Gasteiger partial charge in [-0.25, -0.2) is 0 Å². The van der Waals surface area contributed by atoms with Crippen molar-refractivity contribution in [1.82, 2.24) is 20.4 Å². The minimum absolute atomic E-state index is 0.230. The largest absolute Gasteiger partial charge is 0.381 e. The Morgan fingerprint density at radius 3 is 2.78 bits per heavy atom. The van der Waals surface area contributed by atoms with Crippen molar-refractivity contribution in [3.05, 3.63) is 23.0 Å². The molecule has 23 heavy (non-hydrogen) atoms. The van der Waals surface area contributed by atoms with E-state index in [1.165, 1.54) is 0 Å². The monoisotopic (exact) mass is 340 g/mol. The average Bonchev–Trinajstić information content (AvgIpc) is 3.11. The second-order valence-electron chi connectivity index (χ2n) is 5.79. The predicted octanol–water partition coefficient (Wildman–Crippen LogP) is 0.597. The highest BCUT2D eigenvalue weighted by Gasteiger charge is 2.31. The Morgan fingerprint density at radius 2 is 2.13 bits per heavy atom. The van der Waals surface area contributed by atoms with E-state index >= 15 is 0 Å². The van der Waals surface area contributed by atoms with Crippen molar-refractivity contribution in [2.24, 2.45) is 5.92 Å². The van der Waals surface area contributed by atoms with E-state index in [0.29, 0.717) is 12.5 Å². The fourth-order valence-corrected chi connectivity index (χ4v) is 3.18. The fraction of sp³-hybridized carbons (Fsp3) is 0.667. The van der Waals surface area contributed by atoms with Crippen LogP contribution in [0.1, 0.15) is 16.9 Å². The number of rotatable bonds is 5. The highest BCUT2D eigenvalue weighted by molar-refractivity contribution is 6.29. The quantitative estimate of drug-likeness (QED) is 0.845. The molecule has 0 aromatic carbocycles. The van der Waals surface area contributed by atoms with Crippen LogP contribution in [0.5, 0.6) is 0 Å². The van der Waals surface area contributed by atoms with E-state index in [1.807, 2.05) is 0 Å². The third kappa shape index (κ3) is 4.38. The van der Waals surface area contributed by atoms with Crippen molar-refractivity contribution in [2.45, 2.75) is 12.5 Å². The molecule has 2 aliphatic heterocycles. The van der Waals surface area contributed by atoms with Crippen LogP contribution in [0.2, 0.25) is 5.15 Å². The molecule has 2 fully saturated rings. The number of hydrogen-bond donors (Lipinski definition) is 1. The minimum Gasteiger partial charge on any atom is -0.381 e. The zero-order valence-corrected chi connectivity index (χ0v) is 13.7. The Labute approximate surface area is 140 Å².